The van der Waals surface area contributed by atoms with Gasteiger partial charge in [-0.1, -0.05) is 5.21 Å². The largest absolute Gasteiger partial charge is 0.351 e. The molecule has 0 amide bonds. The van der Waals surface area contributed by atoms with Crippen LogP contribution in [0.2, 0.25) is 0 Å². The zero-order valence-corrected chi connectivity index (χ0v) is 10.1. The molecule has 0 aromatic carbocycles. The molecule has 0 fully saturated rings. The second-order valence-electron chi connectivity index (χ2n) is 3.53. The van der Waals surface area contributed by atoms with Crippen molar-refractivity contribution in [1.29, 1.82) is 0 Å². The van der Waals surface area contributed by atoms with Crippen molar-refractivity contribution in [2.24, 2.45) is 12.8 Å². The van der Waals surface area contributed by atoms with Gasteiger partial charge < -0.3 is 15.2 Å². The van der Waals surface area contributed by atoms with Crippen LogP contribution in [0.5, 0.6) is 0 Å². The summed E-state index contributed by atoms with van der Waals surface area (Å²) >= 11 is 0. The lowest BCUT2D eigenvalue weighted by Gasteiger charge is -2.22. The van der Waals surface area contributed by atoms with E-state index in [1.54, 1.807) is 4.68 Å². The summed E-state index contributed by atoms with van der Waals surface area (Å²) < 4.78 is 12.5. The first kappa shape index (κ1) is 13.1. The minimum atomic E-state index is -0.378. The highest BCUT2D eigenvalue weighted by Gasteiger charge is 2.19. The molecule has 1 heterocycles. The third kappa shape index (κ3) is 3.88. The molecule has 0 aliphatic carbocycles. The number of nitrogens with two attached hydrogens (primary N) is 1. The van der Waals surface area contributed by atoms with Crippen molar-refractivity contribution in [2.45, 2.75) is 32.6 Å². The number of aryl methyl sites for hydroxylation is 1. The Morgan fingerprint density at radius 3 is 2.44 bits per heavy atom. The maximum atomic E-state index is 6.00. The van der Waals surface area contributed by atoms with Crippen LogP contribution in [0.1, 0.15) is 19.5 Å². The average molecular weight is 228 g/mol. The molecule has 0 saturated carbocycles. The Kier molecular flexibility index (Phi) is 5.37. The number of rotatable bonds is 7. The molecule has 1 unspecified atom stereocenters. The zero-order valence-electron chi connectivity index (χ0n) is 10.1. The number of aromatic nitrogens is 3. The van der Waals surface area contributed by atoms with Crippen LogP contribution < -0.4 is 5.73 Å². The highest BCUT2D eigenvalue weighted by atomic mass is 16.7. The molecular formula is C10H20N4O2. The molecule has 2 N–H and O–H groups in total. The number of nitrogens with zero attached hydrogens (tertiary/aromatic N) is 3. The van der Waals surface area contributed by atoms with Gasteiger partial charge in [-0.3, -0.25) is 4.68 Å². The first-order chi connectivity index (χ1) is 7.67. The van der Waals surface area contributed by atoms with Crippen LogP contribution in [0.25, 0.3) is 0 Å². The second kappa shape index (κ2) is 6.57. The van der Waals surface area contributed by atoms with Gasteiger partial charge >= 0.3 is 0 Å². The third-order valence-corrected chi connectivity index (χ3v) is 2.11. The smallest absolute Gasteiger partial charge is 0.172 e. The van der Waals surface area contributed by atoms with Gasteiger partial charge in [0.05, 0.1) is 11.7 Å². The Balaban J connectivity index is 2.50. The quantitative estimate of drug-likeness (QED) is 0.669. The Labute approximate surface area is 95.7 Å². The Morgan fingerprint density at radius 1 is 1.38 bits per heavy atom. The molecule has 1 rings (SSSR count). The van der Waals surface area contributed by atoms with Crippen LogP contribution in [0.4, 0.5) is 0 Å². The maximum Gasteiger partial charge on any atom is 0.172 e. The zero-order chi connectivity index (χ0) is 12.0. The minimum absolute atomic E-state index is 0.225. The summed E-state index contributed by atoms with van der Waals surface area (Å²) in [6.07, 6.45) is 2.06. The van der Waals surface area contributed by atoms with Gasteiger partial charge in [0.2, 0.25) is 0 Å². The molecule has 0 bridgehead atoms. The van der Waals surface area contributed by atoms with E-state index in [9.17, 15) is 0 Å². The van der Waals surface area contributed by atoms with E-state index in [1.165, 1.54) is 0 Å². The fourth-order valence-corrected chi connectivity index (χ4v) is 1.45. The van der Waals surface area contributed by atoms with Crippen LogP contribution in [-0.2, 0) is 22.9 Å². The summed E-state index contributed by atoms with van der Waals surface area (Å²) in [6, 6.07) is -0.225. The van der Waals surface area contributed by atoms with E-state index >= 15 is 0 Å². The van der Waals surface area contributed by atoms with Gasteiger partial charge in [-0.15, -0.1) is 5.10 Å². The monoisotopic (exact) mass is 228 g/mol. The first-order valence-corrected chi connectivity index (χ1v) is 5.51. The molecule has 16 heavy (non-hydrogen) atoms. The van der Waals surface area contributed by atoms with Gasteiger partial charge in [-0.25, -0.2) is 0 Å². The Bertz CT molecular complexity index is 297. The third-order valence-electron chi connectivity index (χ3n) is 2.11. The number of hydrogen-bond acceptors (Lipinski definition) is 5. The molecule has 6 heteroatoms. The van der Waals surface area contributed by atoms with Crippen molar-refractivity contribution in [1.82, 2.24) is 15.0 Å². The summed E-state index contributed by atoms with van der Waals surface area (Å²) in [6.45, 7) is 5.00. The van der Waals surface area contributed by atoms with E-state index in [4.69, 9.17) is 15.2 Å². The van der Waals surface area contributed by atoms with Gasteiger partial charge in [-0.2, -0.15) is 0 Å². The SMILES string of the molecule is CCOC(OCC)C(N)Cc1cn(C)nn1. The minimum Gasteiger partial charge on any atom is -0.351 e. The molecule has 1 aromatic heterocycles. The molecule has 0 aliphatic heterocycles. The summed E-state index contributed by atoms with van der Waals surface area (Å²) in [7, 11) is 1.82. The maximum absolute atomic E-state index is 6.00. The fourth-order valence-electron chi connectivity index (χ4n) is 1.45. The predicted octanol–water partition coefficient (Wildman–Crippen LogP) is 0.0840. The second-order valence-corrected chi connectivity index (χ2v) is 3.53. The van der Waals surface area contributed by atoms with Gasteiger partial charge in [0.15, 0.2) is 6.29 Å². The molecule has 0 saturated heterocycles. The van der Waals surface area contributed by atoms with Gasteiger partial charge in [-0.05, 0) is 13.8 Å². The highest BCUT2D eigenvalue weighted by Crippen LogP contribution is 2.05. The fraction of sp³-hybridized carbons (Fsp3) is 0.800. The molecule has 0 radical (unpaired) electrons. The van der Waals surface area contributed by atoms with E-state index in [1.807, 2.05) is 27.1 Å². The van der Waals surface area contributed by atoms with Crippen molar-refractivity contribution in [3.63, 3.8) is 0 Å². The lowest BCUT2D eigenvalue weighted by molar-refractivity contribution is -0.148. The number of ether oxygens (including phenoxy) is 2. The van der Waals surface area contributed by atoms with Gasteiger partial charge in [0.1, 0.15) is 0 Å². The molecular weight excluding hydrogens is 208 g/mol. The van der Waals surface area contributed by atoms with Crippen LogP contribution >= 0.6 is 0 Å². The first-order valence-electron chi connectivity index (χ1n) is 5.51. The summed E-state index contributed by atoms with van der Waals surface area (Å²) in [4.78, 5) is 0. The molecule has 0 spiro atoms. The molecule has 1 atom stereocenters. The van der Waals surface area contributed by atoms with Crippen LogP contribution in [0, 0.1) is 0 Å². The van der Waals surface area contributed by atoms with Gasteiger partial charge in [0, 0.05) is 32.9 Å². The van der Waals surface area contributed by atoms with E-state index in [0.29, 0.717) is 19.6 Å². The number of hydrogen-bond donors (Lipinski definition) is 1. The lowest BCUT2D eigenvalue weighted by atomic mass is 10.2. The van der Waals surface area contributed by atoms with E-state index in [-0.39, 0.29) is 12.3 Å². The Morgan fingerprint density at radius 2 is 2.00 bits per heavy atom. The molecule has 1 aromatic rings. The average Bonchev–Trinajstić information content (AvgIpc) is 2.63. The lowest BCUT2D eigenvalue weighted by Crippen LogP contribution is -2.40. The standard InChI is InChI=1S/C10H20N4O2/c1-4-15-10(16-5-2)9(11)6-8-7-14(3)13-12-8/h7,9-10H,4-6,11H2,1-3H3. The summed E-state index contributed by atoms with van der Waals surface area (Å²) in [5.74, 6) is 0. The summed E-state index contributed by atoms with van der Waals surface area (Å²) in [5, 5.41) is 7.83. The van der Waals surface area contributed by atoms with E-state index in [0.717, 1.165) is 5.69 Å². The molecule has 6 nitrogen and oxygen atoms in total. The van der Waals surface area contributed by atoms with Gasteiger partial charge in [0.25, 0.3) is 0 Å². The Hall–Kier alpha value is -0.980. The molecule has 92 valence electrons. The van der Waals surface area contributed by atoms with Crippen molar-refractivity contribution in [3.05, 3.63) is 11.9 Å². The van der Waals surface area contributed by atoms with Crippen LogP contribution in [0.3, 0.4) is 0 Å². The van der Waals surface area contributed by atoms with E-state index < -0.39 is 0 Å². The van der Waals surface area contributed by atoms with E-state index in [2.05, 4.69) is 10.3 Å². The normalized spacial score (nSPS) is 13.3. The highest BCUT2D eigenvalue weighted by molar-refractivity contribution is 4.95. The van der Waals surface area contributed by atoms with Crippen molar-refractivity contribution >= 4 is 0 Å². The predicted molar refractivity (Wildman–Crippen MR) is 59.7 cm³/mol. The topological polar surface area (TPSA) is 75.2 Å². The van der Waals surface area contributed by atoms with Crippen molar-refractivity contribution in [2.75, 3.05) is 13.2 Å². The van der Waals surface area contributed by atoms with Crippen molar-refractivity contribution in [3.8, 4) is 0 Å². The summed E-state index contributed by atoms with van der Waals surface area (Å²) in [5.41, 5.74) is 6.85. The van der Waals surface area contributed by atoms with Crippen LogP contribution in [-0.4, -0.2) is 40.5 Å². The van der Waals surface area contributed by atoms with Crippen LogP contribution in [0.15, 0.2) is 6.20 Å². The van der Waals surface area contributed by atoms with Crippen molar-refractivity contribution < 1.29 is 9.47 Å². The molecule has 0 aliphatic rings.